The minimum Gasteiger partial charge on any atom is -0.467 e. The van der Waals surface area contributed by atoms with E-state index in [9.17, 15) is 9.59 Å². The van der Waals surface area contributed by atoms with Crippen LogP contribution in [0.15, 0.2) is 23.4 Å². The summed E-state index contributed by atoms with van der Waals surface area (Å²) in [6.07, 6.45) is 5.97. The molecule has 1 heterocycles. The number of nitrogens with one attached hydrogen (secondary N) is 1. The number of thioether (sulfide) groups is 2. The zero-order valence-electron chi connectivity index (χ0n) is 11.7. The highest BCUT2D eigenvalue weighted by atomic mass is 32.2. The maximum absolute atomic E-state index is 12.2. The summed E-state index contributed by atoms with van der Waals surface area (Å²) in [5, 5.41) is 3.35. The predicted octanol–water partition coefficient (Wildman–Crippen LogP) is 1.83. The molecule has 0 saturated heterocycles. The molecule has 0 aromatic carbocycles. The number of amides is 1. The number of rotatable bonds is 7. The first-order chi connectivity index (χ1) is 9.63. The lowest BCUT2D eigenvalue weighted by Gasteiger charge is -2.16. The second-order valence-electron chi connectivity index (χ2n) is 3.89. The smallest absolute Gasteiger partial charge is 0.328 e. The molecule has 0 aliphatic heterocycles. The molecule has 0 radical (unpaired) electrons. The number of nitrogens with zero attached hydrogens (tertiary/aromatic N) is 1. The Hall–Kier alpha value is -1.21. The van der Waals surface area contributed by atoms with Crippen LogP contribution in [0.25, 0.3) is 0 Å². The molecule has 1 aromatic rings. The molecule has 0 unspecified atom stereocenters. The van der Waals surface area contributed by atoms with Gasteiger partial charge in [0.1, 0.15) is 11.1 Å². The molecular formula is C13H18N2O3S2. The Kier molecular flexibility index (Phi) is 7.46. The van der Waals surface area contributed by atoms with Crippen LogP contribution < -0.4 is 5.32 Å². The molecule has 110 valence electrons. The van der Waals surface area contributed by atoms with Crippen LogP contribution in [-0.4, -0.2) is 48.3 Å². The van der Waals surface area contributed by atoms with E-state index in [1.165, 1.54) is 18.9 Å². The van der Waals surface area contributed by atoms with E-state index in [1.54, 1.807) is 30.1 Å². The molecule has 1 amide bonds. The summed E-state index contributed by atoms with van der Waals surface area (Å²) in [6, 6.07) is 2.76. The van der Waals surface area contributed by atoms with Crippen molar-refractivity contribution in [2.24, 2.45) is 0 Å². The first-order valence-electron chi connectivity index (χ1n) is 6.00. The van der Waals surface area contributed by atoms with Crippen molar-refractivity contribution in [3.05, 3.63) is 23.9 Å². The normalized spacial score (nSPS) is 11.8. The molecule has 0 fully saturated rings. The number of pyridine rings is 1. The summed E-state index contributed by atoms with van der Waals surface area (Å²) >= 11 is 3.00. The largest absolute Gasteiger partial charge is 0.467 e. The number of hydrogen-bond acceptors (Lipinski definition) is 6. The Morgan fingerprint density at radius 1 is 1.45 bits per heavy atom. The van der Waals surface area contributed by atoms with Gasteiger partial charge in [-0.2, -0.15) is 11.8 Å². The molecule has 1 aromatic heterocycles. The minimum atomic E-state index is -0.630. The standard InChI is InChI=1S/C13H18N2O3S2/c1-18-13(17)10(6-8-19-2)15-11(16)9-5-4-7-14-12(9)20-3/h4-5,7,10H,6,8H2,1-3H3,(H,15,16)/t10-/m1/s1. The second-order valence-corrected chi connectivity index (χ2v) is 5.67. The SMILES string of the molecule is COC(=O)[C@@H](CCSC)NC(=O)c1cccnc1SC. The van der Waals surface area contributed by atoms with Gasteiger partial charge in [-0.05, 0) is 36.8 Å². The van der Waals surface area contributed by atoms with Crippen LogP contribution in [0.5, 0.6) is 0 Å². The third-order valence-electron chi connectivity index (χ3n) is 2.61. The van der Waals surface area contributed by atoms with Crippen molar-refractivity contribution in [1.29, 1.82) is 0 Å². The number of hydrogen-bond donors (Lipinski definition) is 1. The van der Waals surface area contributed by atoms with Crippen LogP contribution in [0.3, 0.4) is 0 Å². The molecule has 7 heteroatoms. The quantitative estimate of drug-likeness (QED) is 0.612. The molecule has 1 rings (SSSR count). The molecular weight excluding hydrogens is 296 g/mol. The summed E-state index contributed by atoms with van der Waals surface area (Å²) in [4.78, 5) is 28.0. The van der Waals surface area contributed by atoms with E-state index in [0.29, 0.717) is 17.0 Å². The zero-order valence-corrected chi connectivity index (χ0v) is 13.3. The van der Waals surface area contributed by atoms with Gasteiger partial charge in [-0.25, -0.2) is 9.78 Å². The fraction of sp³-hybridized carbons (Fsp3) is 0.462. The van der Waals surface area contributed by atoms with Gasteiger partial charge in [0.2, 0.25) is 0 Å². The van der Waals surface area contributed by atoms with Crippen LogP contribution in [-0.2, 0) is 9.53 Å². The summed E-state index contributed by atoms with van der Waals surface area (Å²) < 4.78 is 4.72. The van der Waals surface area contributed by atoms with E-state index in [4.69, 9.17) is 4.74 Å². The average molecular weight is 314 g/mol. The monoisotopic (exact) mass is 314 g/mol. The topological polar surface area (TPSA) is 68.3 Å². The number of carbonyl (C=O) groups is 2. The molecule has 0 aliphatic rings. The van der Waals surface area contributed by atoms with Crippen LogP contribution in [0.2, 0.25) is 0 Å². The molecule has 0 bridgehead atoms. The van der Waals surface area contributed by atoms with E-state index in [2.05, 4.69) is 10.3 Å². The van der Waals surface area contributed by atoms with E-state index in [1.807, 2.05) is 12.5 Å². The van der Waals surface area contributed by atoms with Crippen molar-refractivity contribution < 1.29 is 14.3 Å². The molecule has 1 N–H and O–H groups in total. The Balaban J connectivity index is 2.81. The Bertz CT molecular complexity index is 469. The number of methoxy groups -OCH3 is 1. The number of aromatic nitrogens is 1. The minimum absolute atomic E-state index is 0.307. The highest BCUT2D eigenvalue weighted by Crippen LogP contribution is 2.17. The lowest BCUT2D eigenvalue weighted by atomic mass is 10.2. The zero-order chi connectivity index (χ0) is 15.0. The lowest BCUT2D eigenvalue weighted by Crippen LogP contribution is -2.42. The average Bonchev–Trinajstić information content (AvgIpc) is 2.50. The van der Waals surface area contributed by atoms with Crippen molar-refractivity contribution in [3.8, 4) is 0 Å². The predicted molar refractivity (Wildman–Crippen MR) is 82.3 cm³/mol. The first kappa shape index (κ1) is 16.8. The fourth-order valence-corrected chi connectivity index (χ4v) is 2.61. The summed E-state index contributed by atoms with van der Waals surface area (Å²) in [5.41, 5.74) is 0.470. The molecule has 0 aliphatic carbocycles. The van der Waals surface area contributed by atoms with Crippen molar-refractivity contribution >= 4 is 35.4 Å². The lowest BCUT2D eigenvalue weighted by molar-refractivity contribution is -0.142. The first-order valence-corrected chi connectivity index (χ1v) is 8.62. The van der Waals surface area contributed by atoms with E-state index < -0.39 is 12.0 Å². The maximum atomic E-state index is 12.2. The van der Waals surface area contributed by atoms with Gasteiger partial charge in [-0.15, -0.1) is 11.8 Å². The Labute approximate surface area is 127 Å². The van der Waals surface area contributed by atoms with E-state index >= 15 is 0 Å². The van der Waals surface area contributed by atoms with Crippen LogP contribution in [0.1, 0.15) is 16.8 Å². The third-order valence-corrected chi connectivity index (χ3v) is 3.97. The van der Waals surface area contributed by atoms with Crippen molar-refractivity contribution in [1.82, 2.24) is 10.3 Å². The van der Waals surface area contributed by atoms with Crippen molar-refractivity contribution in [2.45, 2.75) is 17.5 Å². The number of ether oxygens (including phenoxy) is 1. The molecule has 20 heavy (non-hydrogen) atoms. The molecule has 0 saturated carbocycles. The van der Waals surface area contributed by atoms with Gasteiger partial charge in [0.15, 0.2) is 0 Å². The van der Waals surface area contributed by atoms with Crippen LogP contribution in [0, 0.1) is 0 Å². The van der Waals surface area contributed by atoms with Gasteiger partial charge < -0.3 is 10.1 Å². The molecule has 0 spiro atoms. The van der Waals surface area contributed by atoms with E-state index in [0.717, 1.165) is 5.75 Å². The van der Waals surface area contributed by atoms with Gasteiger partial charge >= 0.3 is 5.97 Å². The second kappa shape index (κ2) is 8.86. The van der Waals surface area contributed by atoms with Gasteiger partial charge in [0.25, 0.3) is 5.91 Å². The van der Waals surface area contributed by atoms with Crippen molar-refractivity contribution in [2.75, 3.05) is 25.4 Å². The summed E-state index contributed by atoms with van der Waals surface area (Å²) in [7, 11) is 1.32. The maximum Gasteiger partial charge on any atom is 0.328 e. The highest BCUT2D eigenvalue weighted by molar-refractivity contribution is 7.98. The summed E-state index contributed by atoms with van der Waals surface area (Å²) in [5.74, 6) is 0.0311. The van der Waals surface area contributed by atoms with Gasteiger partial charge in [0, 0.05) is 6.20 Å². The van der Waals surface area contributed by atoms with Crippen LogP contribution in [0.4, 0.5) is 0 Å². The van der Waals surface area contributed by atoms with Crippen LogP contribution >= 0.6 is 23.5 Å². The number of esters is 1. The third kappa shape index (κ3) is 4.72. The van der Waals surface area contributed by atoms with E-state index in [-0.39, 0.29) is 5.91 Å². The van der Waals surface area contributed by atoms with Gasteiger partial charge in [-0.1, -0.05) is 0 Å². The molecule has 1 atom stereocenters. The Morgan fingerprint density at radius 2 is 2.20 bits per heavy atom. The summed E-state index contributed by atoms with van der Waals surface area (Å²) in [6.45, 7) is 0. The van der Waals surface area contributed by atoms with Gasteiger partial charge in [0.05, 0.1) is 12.7 Å². The van der Waals surface area contributed by atoms with Crippen molar-refractivity contribution in [3.63, 3.8) is 0 Å². The van der Waals surface area contributed by atoms with Gasteiger partial charge in [-0.3, -0.25) is 4.79 Å². The Morgan fingerprint density at radius 3 is 2.80 bits per heavy atom. The number of carbonyl (C=O) groups excluding carboxylic acids is 2. The molecule has 5 nitrogen and oxygen atoms in total. The fourth-order valence-electron chi connectivity index (χ4n) is 1.59. The highest BCUT2D eigenvalue weighted by Gasteiger charge is 2.22.